The third-order valence-corrected chi connectivity index (χ3v) is 1.72. The minimum Gasteiger partial charge on any atom is -0.381 e. The highest BCUT2D eigenvalue weighted by molar-refractivity contribution is 6.09. The number of hydrogen-bond acceptors (Lipinski definition) is 2. The lowest BCUT2D eigenvalue weighted by Gasteiger charge is -2.14. The first kappa shape index (κ1) is 6.40. The third-order valence-electron chi connectivity index (χ3n) is 1.72. The van der Waals surface area contributed by atoms with E-state index in [9.17, 15) is 0 Å². The van der Waals surface area contributed by atoms with E-state index in [2.05, 4.69) is 16.4 Å². The van der Waals surface area contributed by atoms with Crippen LogP contribution in [0.3, 0.4) is 0 Å². The fraction of sp³-hybridized carbons (Fsp3) is 0.222. The lowest BCUT2D eigenvalue weighted by molar-refractivity contribution is 0.797. The van der Waals surface area contributed by atoms with E-state index >= 15 is 0 Å². The summed E-state index contributed by atoms with van der Waals surface area (Å²) in [5.41, 5.74) is 2.21. The molecule has 0 spiro atoms. The molecule has 0 saturated heterocycles. The molecule has 0 unspecified atom stereocenters. The lowest BCUT2D eigenvalue weighted by Crippen LogP contribution is -2.27. The van der Waals surface area contributed by atoms with Crippen molar-refractivity contribution in [2.75, 3.05) is 13.1 Å². The largest absolute Gasteiger partial charge is 0.381 e. The zero-order valence-electron chi connectivity index (χ0n) is 6.25. The molecule has 0 radical (unpaired) electrons. The first-order chi connectivity index (χ1) is 5.47. The Hall–Kier alpha value is -1.31. The van der Waals surface area contributed by atoms with Gasteiger partial charge in [-0.2, -0.15) is 0 Å². The summed E-state index contributed by atoms with van der Waals surface area (Å²) in [6, 6.07) is 0. The molecule has 1 heterocycles. The molecule has 2 nitrogen and oxygen atoms in total. The van der Waals surface area contributed by atoms with Gasteiger partial charge >= 0.3 is 0 Å². The predicted molar refractivity (Wildman–Crippen MR) is 46.7 cm³/mol. The maximum Gasteiger partial charge on any atom is 0.0806 e. The van der Waals surface area contributed by atoms with Crippen molar-refractivity contribution in [3.63, 3.8) is 0 Å². The van der Waals surface area contributed by atoms with E-state index in [0.29, 0.717) is 0 Å². The molecule has 56 valence electrons. The number of nitrogens with one attached hydrogen (secondary N) is 1. The highest BCUT2D eigenvalue weighted by atomic mass is 15.0. The van der Waals surface area contributed by atoms with E-state index in [1.165, 1.54) is 0 Å². The summed E-state index contributed by atoms with van der Waals surface area (Å²) in [6.07, 6.45) is 10.1. The van der Waals surface area contributed by atoms with Crippen LogP contribution < -0.4 is 5.32 Å². The lowest BCUT2D eigenvalue weighted by atomic mass is 10.2. The van der Waals surface area contributed by atoms with Gasteiger partial charge < -0.3 is 5.32 Å². The molecule has 1 aliphatic carbocycles. The Morgan fingerprint density at radius 1 is 1.27 bits per heavy atom. The van der Waals surface area contributed by atoms with Gasteiger partial charge in [-0.3, -0.25) is 4.99 Å². The number of rotatable bonds is 0. The van der Waals surface area contributed by atoms with Crippen LogP contribution in [0.2, 0.25) is 0 Å². The molecule has 1 N–H and O–H groups in total. The summed E-state index contributed by atoms with van der Waals surface area (Å²) in [5.74, 6) is 0. The van der Waals surface area contributed by atoms with Crippen molar-refractivity contribution in [2.45, 2.75) is 0 Å². The Morgan fingerprint density at radius 3 is 3.27 bits per heavy atom. The van der Waals surface area contributed by atoms with E-state index in [1.807, 2.05) is 24.3 Å². The summed E-state index contributed by atoms with van der Waals surface area (Å²) in [5, 5.41) is 3.29. The van der Waals surface area contributed by atoms with Crippen LogP contribution >= 0.6 is 0 Å². The molecular formula is C9H10N2. The van der Waals surface area contributed by atoms with Gasteiger partial charge in [0.15, 0.2) is 0 Å². The van der Waals surface area contributed by atoms with E-state index in [4.69, 9.17) is 0 Å². The minimum absolute atomic E-state index is 0.886. The molecule has 2 aliphatic rings. The SMILES string of the molecule is C1=CC=C2NCCN=C2C=C1. The zero-order valence-corrected chi connectivity index (χ0v) is 6.25. The predicted octanol–water partition coefficient (Wildman–Crippen LogP) is 1.04. The van der Waals surface area contributed by atoms with Crippen LogP contribution in [-0.2, 0) is 0 Å². The molecule has 1 aliphatic heterocycles. The molecule has 11 heavy (non-hydrogen) atoms. The van der Waals surface area contributed by atoms with Crippen LogP contribution in [0.5, 0.6) is 0 Å². The Morgan fingerprint density at radius 2 is 2.27 bits per heavy atom. The molecule has 0 fully saturated rings. The van der Waals surface area contributed by atoms with Gasteiger partial charge in [0, 0.05) is 6.54 Å². The molecule has 0 amide bonds. The number of allylic oxidation sites excluding steroid dienone is 5. The van der Waals surface area contributed by atoms with Crippen molar-refractivity contribution in [1.29, 1.82) is 0 Å². The van der Waals surface area contributed by atoms with Gasteiger partial charge in [0.05, 0.1) is 18.0 Å². The van der Waals surface area contributed by atoms with E-state index in [-0.39, 0.29) is 0 Å². The monoisotopic (exact) mass is 146 g/mol. The summed E-state index contributed by atoms with van der Waals surface area (Å²) in [7, 11) is 0. The minimum atomic E-state index is 0.886. The number of aliphatic imine (C=N–C) groups is 1. The topological polar surface area (TPSA) is 24.4 Å². The van der Waals surface area contributed by atoms with E-state index in [1.54, 1.807) is 0 Å². The standard InChI is InChI=1S/C9H10N2/c1-2-4-8-9(5-3-1)11-7-6-10-8/h1-5,10H,6-7H2. The third kappa shape index (κ3) is 1.24. The molecule has 0 aromatic heterocycles. The first-order valence-electron chi connectivity index (χ1n) is 3.80. The van der Waals surface area contributed by atoms with E-state index in [0.717, 1.165) is 24.5 Å². The van der Waals surface area contributed by atoms with Crippen molar-refractivity contribution in [1.82, 2.24) is 5.32 Å². The summed E-state index contributed by atoms with van der Waals surface area (Å²) in [6.45, 7) is 1.84. The van der Waals surface area contributed by atoms with Crippen molar-refractivity contribution >= 4 is 5.71 Å². The quantitative estimate of drug-likeness (QED) is 0.542. The van der Waals surface area contributed by atoms with Crippen molar-refractivity contribution in [2.24, 2.45) is 4.99 Å². The first-order valence-corrected chi connectivity index (χ1v) is 3.80. The molecule has 2 heteroatoms. The maximum atomic E-state index is 4.37. The second-order valence-electron chi connectivity index (χ2n) is 2.52. The maximum absolute atomic E-state index is 4.37. The zero-order chi connectivity index (χ0) is 7.52. The van der Waals surface area contributed by atoms with Crippen LogP contribution in [-0.4, -0.2) is 18.8 Å². The number of hydrogen-bond donors (Lipinski definition) is 1. The van der Waals surface area contributed by atoms with Crippen LogP contribution in [0, 0.1) is 0 Å². The molecule has 0 aromatic rings. The second-order valence-corrected chi connectivity index (χ2v) is 2.52. The van der Waals surface area contributed by atoms with Gasteiger partial charge in [0.2, 0.25) is 0 Å². The molecular weight excluding hydrogens is 136 g/mol. The molecule has 0 saturated carbocycles. The Labute approximate surface area is 66.0 Å². The van der Waals surface area contributed by atoms with Crippen LogP contribution in [0.1, 0.15) is 0 Å². The summed E-state index contributed by atoms with van der Waals surface area (Å²) < 4.78 is 0. The fourth-order valence-corrected chi connectivity index (χ4v) is 1.19. The second kappa shape index (κ2) is 2.74. The fourth-order valence-electron chi connectivity index (χ4n) is 1.19. The van der Waals surface area contributed by atoms with Crippen LogP contribution in [0.4, 0.5) is 0 Å². The van der Waals surface area contributed by atoms with Gasteiger partial charge in [-0.05, 0) is 12.2 Å². The smallest absolute Gasteiger partial charge is 0.0806 e. The summed E-state index contributed by atoms with van der Waals surface area (Å²) >= 11 is 0. The van der Waals surface area contributed by atoms with Crippen LogP contribution in [0.15, 0.2) is 41.1 Å². The van der Waals surface area contributed by atoms with Crippen LogP contribution in [0.25, 0.3) is 0 Å². The van der Waals surface area contributed by atoms with E-state index < -0.39 is 0 Å². The van der Waals surface area contributed by atoms with Crippen molar-refractivity contribution < 1.29 is 0 Å². The average molecular weight is 146 g/mol. The highest BCUT2D eigenvalue weighted by Crippen LogP contribution is 2.04. The van der Waals surface area contributed by atoms with Gasteiger partial charge in [-0.15, -0.1) is 0 Å². The Balaban J connectivity index is 2.38. The number of nitrogens with zero attached hydrogens (tertiary/aromatic N) is 1. The van der Waals surface area contributed by atoms with Gasteiger partial charge in [-0.1, -0.05) is 18.2 Å². The summed E-state index contributed by atoms with van der Waals surface area (Å²) in [4.78, 5) is 4.37. The van der Waals surface area contributed by atoms with Gasteiger partial charge in [0.1, 0.15) is 0 Å². The number of fused-ring (bicyclic) bond motifs is 1. The molecule has 0 atom stereocenters. The Kier molecular flexibility index (Phi) is 1.60. The molecule has 0 aromatic carbocycles. The normalized spacial score (nSPS) is 21.1. The Bertz CT molecular complexity index is 269. The average Bonchev–Trinajstić information content (AvgIpc) is 2.28. The van der Waals surface area contributed by atoms with Gasteiger partial charge in [-0.25, -0.2) is 0 Å². The van der Waals surface area contributed by atoms with Crippen molar-refractivity contribution in [3.05, 3.63) is 36.1 Å². The highest BCUT2D eigenvalue weighted by Gasteiger charge is 2.07. The molecule has 0 bridgehead atoms. The molecule has 2 rings (SSSR count). The van der Waals surface area contributed by atoms with Crippen molar-refractivity contribution in [3.8, 4) is 0 Å². The van der Waals surface area contributed by atoms with Gasteiger partial charge in [0.25, 0.3) is 0 Å².